The van der Waals surface area contributed by atoms with Gasteiger partial charge in [0.15, 0.2) is 0 Å². The van der Waals surface area contributed by atoms with Crippen LogP contribution in [-0.4, -0.2) is 12.0 Å². The van der Waals surface area contributed by atoms with E-state index in [0.29, 0.717) is 15.6 Å². The zero-order valence-electron chi connectivity index (χ0n) is 7.68. The highest BCUT2D eigenvalue weighted by Gasteiger charge is 2.26. The molecule has 1 rings (SSSR count). The maximum absolute atomic E-state index is 10.5. The molecular weight excluding hydrogens is 262 g/mol. The number of benzene rings is 1. The zero-order valence-corrected chi connectivity index (χ0v) is 10.1. The van der Waals surface area contributed by atoms with E-state index < -0.39 is 14.5 Å². The molecule has 1 N–H and O–H groups in total. The van der Waals surface area contributed by atoms with Crippen molar-refractivity contribution < 1.29 is 18.7 Å². The Balaban J connectivity index is 2.96. The van der Waals surface area contributed by atoms with Gasteiger partial charge in [0.25, 0.3) is 0 Å². The molecule has 2 atom stereocenters. The van der Waals surface area contributed by atoms with Crippen LogP contribution >= 0.6 is 31.5 Å². The highest BCUT2D eigenvalue weighted by atomic mass is 35.5. The molecule has 0 saturated carbocycles. The Morgan fingerprint density at radius 1 is 1.47 bits per heavy atom. The predicted molar refractivity (Wildman–Crippen MR) is 57.1 cm³/mol. The lowest BCUT2D eigenvalue weighted by molar-refractivity contribution is -0.0570. The Labute approximate surface area is 97.7 Å². The van der Waals surface area contributed by atoms with Gasteiger partial charge in [-0.3, -0.25) is 0 Å². The Kier molecular flexibility index (Phi) is 4.93. The maximum Gasteiger partial charge on any atom is 0.697 e. The number of ether oxygens (including phenoxy) is 1. The lowest BCUT2D eigenvalue weighted by Gasteiger charge is -2.10. The second-order valence-electron chi connectivity index (χ2n) is 2.58. The lowest BCUT2D eigenvalue weighted by Crippen LogP contribution is -2.03. The van der Waals surface area contributed by atoms with Gasteiger partial charge < -0.3 is 4.74 Å². The van der Waals surface area contributed by atoms with E-state index in [2.05, 4.69) is 4.52 Å². The van der Waals surface area contributed by atoms with Crippen molar-refractivity contribution in [3.05, 3.63) is 33.8 Å². The van der Waals surface area contributed by atoms with E-state index in [1.807, 2.05) is 0 Å². The van der Waals surface area contributed by atoms with Crippen molar-refractivity contribution in [2.24, 2.45) is 0 Å². The van der Waals surface area contributed by atoms with E-state index in [1.165, 1.54) is 13.2 Å². The zero-order chi connectivity index (χ0) is 11.4. The molecule has 0 radical (unpaired) electrons. The van der Waals surface area contributed by atoms with Crippen LogP contribution in [0.25, 0.3) is 0 Å². The van der Waals surface area contributed by atoms with E-state index in [9.17, 15) is 4.57 Å². The standard InChI is InChI=1S/C8H7Cl2O4P/c1-13-8(14-15(11)12)6-3-2-5(9)4-7(6)10/h2-4,8H,1H3/p+1. The first-order chi connectivity index (χ1) is 7.04. The molecule has 0 aliphatic rings. The molecule has 1 aromatic carbocycles. The van der Waals surface area contributed by atoms with Crippen LogP contribution in [0.4, 0.5) is 0 Å². The van der Waals surface area contributed by atoms with Crippen LogP contribution < -0.4 is 0 Å². The fourth-order valence-corrected chi connectivity index (χ4v) is 1.86. The summed E-state index contributed by atoms with van der Waals surface area (Å²) < 4.78 is 20.0. The second-order valence-corrected chi connectivity index (χ2v) is 4.11. The highest BCUT2D eigenvalue weighted by Crippen LogP contribution is 2.34. The molecule has 0 heterocycles. The smallest absolute Gasteiger partial charge is 0.348 e. The minimum atomic E-state index is -2.76. The topological polar surface area (TPSA) is 55.8 Å². The third kappa shape index (κ3) is 3.68. The third-order valence-electron chi connectivity index (χ3n) is 1.62. The van der Waals surface area contributed by atoms with Crippen molar-refractivity contribution in [1.29, 1.82) is 0 Å². The van der Waals surface area contributed by atoms with Gasteiger partial charge >= 0.3 is 8.25 Å². The number of rotatable bonds is 4. The highest BCUT2D eigenvalue weighted by molar-refractivity contribution is 7.32. The number of hydrogen-bond acceptors (Lipinski definition) is 3. The minimum Gasteiger partial charge on any atom is -0.348 e. The minimum absolute atomic E-state index is 0.311. The van der Waals surface area contributed by atoms with Crippen molar-refractivity contribution in [2.45, 2.75) is 6.29 Å². The van der Waals surface area contributed by atoms with Gasteiger partial charge in [0.1, 0.15) is 0 Å². The summed E-state index contributed by atoms with van der Waals surface area (Å²) in [7, 11) is -1.41. The Hall–Kier alpha value is -0.220. The molecule has 0 amide bonds. The van der Waals surface area contributed by atoms with Crippen molar-refractivity contribution in [3.63, 3.8) is 0 Å². The van der Waals surface area contributed by atoms with Gasteiger partial charge in [-0.1, -0.05) is 33.8 Å². The normalized spacial score (nSPS) is 13.7. The quantitative estimate of drug-likeness (QED) is 0.673. The number of hydrogen-bond donors (Lipinski definition) is 1. The van der Waals surface area contributed by atoms with Crippen molar-refractivity contribution in [1.82, 2.24) is 0 Å². The molecule has 7 heteroatoms. The lowest BCUT2D eigenvalue weighted by atomic mass is 10.2. The van der Waals surface area contributed by atoms with Crippen LogP contribution in [-0.2, 0) is 13.8 Å². The van der Waals surface area contributed by atoms with E-state index in [-0.39, 0.29) is 0 Å². The first-order valence-corrected chi connectivity index (χ1v) is 5.74. The fraction of sp³-hybridized carbons (Fsp3) is 0.250. The van der Waals surface area contributed by atoms with Gasteiger partial charge in [0.05, 0.1) is 5.02 Å². The molecule has 0 spiro atoms. The maximum atomic E-state index is 10.5. The Morgan fingerprint density at radius 3 is 2.60 bits per heavy atom. The molecule has 4 nitrogen and oxygen atoms in total. The predicted octanol–water partition coefficient (Wildman–Crippen LogP) is 3.30. The Bertz CT molecular complexity index is 372. The van der Waals surface area contributed by atoms with Gasteiger partial charge in [0.2, 0.25) is 6.29 Å². The number of halogens is 2. The van der Waals surface area contributed by atoms with E-state index >= 15 is 0 Å². The SMILES string of the molecule is COC(O[P+](=O)O)c1ccc(Cl)cc1Cl. The van der Waals surface area contributed by atoms with Gasteiger partial charge in [-0.25, -0.2) is 0 Å². The summed E-state index contributed by atoms with van der Waals surface area (Å²) >= 11 is 11.6. The monoisotopic (exact) mass is 269 g/mol. The van der Waals surface area contributed by atoms with Crippen LogP contribution in [0.2, 0.25) is 10.0 Å². The second kappa shape index (κ2) is 5.75. The molecule has 0 aromatic heterocycles. The summed E-state index contributed by atoms with van der Waals surface area (Å²) in [6.45, 7) is 0. The molecule has 0 aliphatic heterocycles. The number of methoxy groups -OCH3 is 1. The Morgan fingerprint density at radius 2 is 2.13 bits per heavy atom. The van der Waals surface area contributed by atoms with Crippen LogP contribution in [0.1, 0.15) is 11.9 Å². The van der Waals surface area contributed by atoms with Crippen molar-refractivity contribution >= 4 is 31.5 Å². The summed E-state index contributed by atoms with van der Waals surface area (Å²) in [6.07, 6.45) is -0.983. The molecule has 0 bridgehead atoms. The summed E-state index contributed by atoms with van der Waals surface area (Å²) in [4.78, 5) is 8.60. The molecule has 82 valence electrons. The van der Waals surface area contributed by atoms with Crippen molar-refractivity contribution in [2.75, 3.05) is 7.11 Å². The first kappa shape index (κ1) is 12.8. The molecule has 1 aromatic rings. The largest absolute Gasteiger partial charge is 0.697 e. The average Bonchev–Trinajstić information content (AvgIpc) is 2.14. The van der Waals surface area contributed by atoms with E-state index in [1.54, 1.807) is 12.1 Å². The van der Waals surface area contributed by atoms with Crippen molar-refractivity contribution in [3.8, 4) is 0 Å². The van der Waals surface area contributed by atoms with Gasteiger partial charge in [-0.05, 0) is 12.1 Å². The van der Waals surface area contributed by atoms with E-state index in [0.717, 1.165) is 0 Å². The summed E-state index contributed by atoms with van der Waals surface area (Å²) in [6, 6.07) is 4.65. The first-order valence-electron chi connectivity index (χ1n) is 3.85. The van der Waals surface area contributed by atoms with Gasteiger partial charge in [0, 0.05) is 22.3 Å². The average molecular weight is 270 g/mol. The van der Waals surface area contributed by atoms with Crippen LogP contribution in [0.5, 0.6) is 0 Å². The van der Waals surface area contributed by atoms with Gasteiger partial charge in [-0.15, -0.1) is 4.89 Å². The van der Waals surface area contributed by atoms with Gasteiger partial charge in [-0.2, -0.15) is 0 Å². The summed E-state index contributed by atoms with van der Waals surface area (Å²) in [5.74, 6) is 0. The molecule has 15 heavy (non-hydrogen) atoms. The molecular formula is C8H8Cl2O4P+. The summed E-state index contributed by atoms with van der Waals surface area (Å²) in [5, 5.41) is 0.776. The van der Waals surface area contributed by atoms with Crippen LogP contribution in [0.15, 0.2) is 18.2 Å². The third-order valence-corrected chi connectivity index (χ3v) is 2.55. The molecule has 0 saturated heterocycles. The van der Waals surface area contributed by atoms with Crippen LogP contribution in [0.3, 0.4) is 0 Å². The van der Waals surface area contributed by atoms with E-state index in [4.69, 9.17) is 32.8 Å². The molecule has 0 fully saturated rings. The summed E-state index contributed by atoms with van der Waals surface area (Å²) in [5.41, 5.74) is 0.445. The molecule has 2 unspecified atom stereocenters. The molecule has 0 aliphatic carbocycles. The fourth-order valence-electron chi connectivity index (χ4n) is 1.00. The van der Waals surface area contributed by atoms with Crippen LogP contribution in [0, 0.1) is 0 Å².